The molecule has 0 N–H and O–H groups in total. The summed E-state index contributed by atoms with van der Waals surface area (Å²) in [6, 6.07) is 23.7. The van der Waals surface area contributed by atoms with Gasteiger partial charge >= 0.3 is 0 Å². The van der Waals surface area contributed by atoms with Crippen molar-refractivity contribution < 1.29 is 4.74 Å². The standard InChI is InChI=1S/C23H19BrO/c1-25-23-13-10-16(15-22(23)24)14-21-19-8-4-2-6-17(19)11-12-18-7-3-5-9-20(18)21/h2-10,13-15H,11-12H2,1H3. The molecule has 0 aliphatic heterocycles. The van der Waals surface area contributed by atoms with E-state index in [-0.39, 0.29) is 0 Å². The quantitative estimate of drug-likeness (QED) is 0.510. The SMILES string of the molecule is COc1ccc(C=C2c3ccccc3CCc3ccccc32)cc1Br. The van der Waals surface area contributed by atoms with Gasteiger partial charge in [0.2, 0.25) is 0 Å². The Hall–Kier alpha value is -2.32. The van der Waals surface area contributed by atoms with E-state index in [1.54, 1.807) is 7.11 Å². The fourth-order valence-corrected chi connectivity index (χ4v) is 4.07. The fraction of sp³-hybridized carbons (Fsp3) is 0.130. The van der Waals surface area contributed by atoms with Gasteiger partial charge in [0.25, 0.3) is 0 Å². The molecule has 0 fully saturated rings. The van der Waals surface area contributed by atoms with Crippen LogP contribution in [0.5, 0.6) is 5.75 Å². The molecule has 0 saturated heterocycles. The van der Waals surface area contributed by atoms with Crippen LogP contribution in [0.2, 0.25) is 0 Å². The van der Waals surface area contributed by atoms with Crippen molar-refractivity contribution in [3.05, 3.63) is 99.0 Å². The summed E-state index contributed by atoms with van der Waals surface area (Å²) in [5.41, 5.74) is 7.95. The zero-order valence-corrected chi connectivity index (χ0v) is 15.7. The van der Waals surface area contributed by atoms with E-state index in [0.29, 0.717) is 0 Å². The molecule has 3 aromatic rings. The average Bonchev–Trinajstić information content (AvgIpc) is 2.80. The summed E-state index contributed by atoms with van der Waals surface area (Å²) in [4.78, 5) is 0. The Balaban J connectivity index is 1.92. The molecule has 0 aromatic heterocycles. The molecule has 0 heterocycles. The van der Waals surface area contributed by atoms with Crippen molar-refractivity contribution in [3.63, 3.8) is 0 Å². The van der Waals surface area contributed by atoms with Gasteiger partial charge in [-0.25, -0.2) is 0 Å². The maximum absolute atomic E-state index is 5.35. The van der Waals surface area contributed by atoms with Crippen molar-refractivity contribution in [3.8, 4) is 5.75 Å². The number of fused-ring (bicyclic) bond motifs is 2. The van der Waals surface area contributed by atoms with Crippen molar-refractivity contribution in [1.29, 1.82) is 0 Å². The highest BCUT2D eigenvalue weighted by molar-refractivity contribution is 9.10. The first kappa shape index (κ1) is 16.2. The molecule has 4 rings (SSSR count). The van der Waals surface area contributed by atoms with Gasteiger partial charge in [-0.3, -0.25) is 0 Å². The summed E-state index contributed by atoms with van der Waals surface area (Å²) in [5.74, 6) is 0.851. The second-order valence-electron chi connectivity index (χ2n) is 6.27. The third-order valence-electron chi connectivity index (χ3n) is 4.77. The van der Waals surface area contributed by atoms with E-state index >= 15 is 0 Å². The van der Waals surface area contributed by atoms with Crippen molar-refractivity contribution in [2.24, 2.45) is 0 Å². The Kier molecular flexibility index (Phi) is 4.46. The number of hydrogen-bond donors (Lipinski definition) is 0. The number of benzene rings is 3. The topological polar surface area (TPSA) is 9.23 Å². The van der Waals surface area contributed by atoms with E-state index in [4.69, 9.17) is 4.74 Å². The molecule has 3 aromatic carbocycles. The normalized spacial score (nSPS) is 12.8. The molecular weight excluding hydrogens is 372 g/mol. The molecule has 1 aliphatic carbocycles. The molecular formula is C23H19BrO. The van der Waals surface area contributed by atoms with Crippen LogP contribution >= 0.6 is 15.9 Å². The van der Waals surface area contributed by atoms with E-state index in [1.165, 1.54) is 27.8 Å². The minimum atomic E-state index is 0.851. The van der Waals surface area contributed by atoms with Crippen LogP contribution in [0.15, 0.2) is 71.2 Å². The van der Waals surface area contributed by atoms with Gasteiger partial charge in [0.05, 0.1) is 11.6 Å². The summed E-state index contributed by atoms with van der Waals surface area (Å²) in [6.07, 6.45) is 4.45. The average molecular weight is 391 g/mol. The van der Waals surface area contributed by atoms with Crippen LogP contribution in [0.1, 0.15) is 27.8 Å². The minimum Gasteiger partial charge on any atom is -0.496 e. The highest BCUT2D eigenvalue weighted by Crippen LogP contribution is 2.35. The van der Waals surface area contributed by atoms with Crippen LogP contribution < -0.4 is 4.74 Å². The number of rotatable bonds is 2. The Bertz CT molecular complexity index is 906. The van der Waals surface area contributed by atoms with Gasteiger partial charge < -0.3 is 4.74 Å². The molecule has 0 radical (unpaired) electrons. The maximum atomic E-state index is 5.35. The van der Waals surface area contributed by atoms with Crippen LogP contribution in [-0.2, 0) is 12.8 Å². The van der Waals surface area contributed by atoms with Gasteiger partial charge in [-0.2, -0.15) is 0 Å². The molecule has 124 valence electrons. The molecule has 0 unspecified atom stereocenters. The summed E-state index contributed by atoms with van der Waals surface area (Å²) < 4.78 is 6.33. The van der Waals surface area contributed by atoms with Gasteiger partial charge in [0.15, 0.2) is 0 Å². The second-order valence-corrected chi connectivity index (χ2v) is 7.12. The van der Waals surface area contributed by atoms with E-state index < -0.39 is 0 Å². The predicted octanol–water partition coefficient (Wildman–Crippen LogP) is 6.15. The lowest BCUT2D eigenvalue weighted by atomic mass is 9.92. The third-order valence-corrected chi connectivity index (χ3v) is 5.39. The van der Waals surface area contributed by atoms with Crippen LogP contribution in [0.25, 0.3) is 11.6 Å². The molecule has 2 heteroatoms. The van der Waals surface area contributed by atoms with E-state index in [1.807, 2.05) is 6.07 Å². The second kappa shape index (κ2) is 6.89. The molecule has 25 heavy (non-hydrogen) atoms. The van der Waals surface area contributed by atoms with Crippen molar-refractivity contribution in [1.82, 2.24) is 0 Å². The van der Waals surface area contributed by atoms with Crippen LogP contribution in [0, 0.1) is 0 Å². The number of halogens is 1. The van der Waals surface area contributed by atoms with E-state index in [9.17, 15) is 0 Å². The first-order valence-corrected chi connectivity index (χ1v) is 9.27. The van der Waals surface area contributed by atoms with Gasteiger partial charge in [0.1, 0.15) is 5.75 Å². The zero-order valence-electron chi connectivity index (χ0n) is 14.1. The van der Waals surface area contributed by atoms with E-state index in [2.05, 4.69) is 82.7 Å². The summed E-state index contributed by atoms with van der Waals surface area (Å²) in [5, 5.41) is 0. The fourth-order valence-electron chi connectivity index (χ4n) is 3.51. The number of aryl methyl sites for hydroxylation is 2. The summed E-state index contributed by atoms with van der Waals surface area (Å²) in [6.45, 7) is 0. The Morgan fingerprint density at radius 2 is 1.44 bits per heavy atom. The van der Waals surface area contributed by atoms with Crippen LogP contribution in [-0.4, -0.2) is 7.11 Å². The van der Waals surface area contributed by atoms with E-state index in [0.717, 1.165) is 28.6 Å². The first-order valence-electron chi connectivity index (χ1n) is 8.48. The van der Waals surface area contributed by atoms with Crippen molar-refractivity contribution in [2.75, 3.05) is 7.11 Å². The Morgan fingerprint density at radius 3 is 2.00 bits per heavy atom. The lowest BCUT2D eigenvalue weighted by Gasteiger charge is -2.12. The maximum Gasteiger partial charge on any atom is 0.133 e. The predicted molar refractivity (Wildman–Crippen MR) is 108 cm³/mol. The van der Waals surface area contributed by atoms with Gasteiger partial charge in [0, 0.05) is 0 Å². The molecule has 0 spiro atoms. The smallest absolute Gasteiger partial charge is 0.133 e. The Morgan fingerprint density at radius 1 is 0.840 bits per heavy atom. The lowest BCUT2D eigenvalue weighted by molar-refractivity contribution is 0.412. The number of ether oxygens (including phenoxy) is 1. The first-order chi connectivity index (χ1) is 12.3. The molecule has 1 aliphatic rings. The molecule has 0 saturated carbocycles. The summed E-state index contributed by atoms with van der Waals surface area (Å²) >= 11 is 3.60. The number of methoxy groups -OCH3 is 1. The lowest BCUT2D eigenvalue weighted by Crippen LogP contribution is -1.92. The Labute approximate surface area is 157 Å². The third kappa shape index (κ3) is 3.14. The molecule has 0 bridgehead atoms. The number of hydrogen-bond acceptors (Lipinski definition) is 1. The zero-order chi connectivity index (χ0) is 17.2. The summed E-state index contributed by atoms with van der Waals surface area (Å²) in [7, 11) is 1.69. The van der Waals surface area contributed by atoms with Crippen LogP contribution in [0.3, 0.4) is 0 Å². The minimum absolute atomic E-state index is 0.851. The van der Waals surface area contributed by atoms with Crippen LogP contribution in [0.4, 0.5) is 0 Å². The van der Waals surface area contributed by atoms with Crippen molar-refractivity contribution >= 4 is 27.6 Å². The van der Waals surface area contributed by atoms with Gasteiger partial charge in [-0.05, 0) is 80.4 Å². The van der Waals surface area contributed by atoms with Crippen molar-refractivity contribution in [2.45, 2.75) is 12.8 Å². The largest absolute Gasteiger partial charge is 0.496 e. The van der Waals surface area contributed by atoms with Gasteiger partial charge in [-0.15, -0.1) is 0 Å². The van der Waals surface area contributed by atoms with Gasteiger partial charge in [-0.1, -0.05) is 54.6 Å². The highest BCUT2D eigenvalue weighted by atomic mass is 79.9. The highest BCUT2D eigenvalue weighted by Gasteiger charge is 2.17. The molecule has 0 amide bonds. The molecule has 1 nitrogen and oxygen atoms in total. The molecule has 0 atom stereocenters. The monoisotopic (exact) mass is 390 g/mol.